The number of rotatable bonds is 23. The molecule has 0 radical (unpaired) electrons. The van der Waals surface area contributed by atoms with Crippen LogP contribution in [0.3, 0.4) is 0 Å². The highest BCUT2D eigenvalue weighted by atomic mass is 32.2. The van der Waals surface area contributed by atoms with Gasteiger partial charge in [-0.05, 0) is 82.0 Å². The van der Waals surface area contributed by atoms with E-state index in [0.29, 0.717) is 70.2 Å². The molecule has 0 spiro atoms. The van der Waals surface area contributed by atoms with Crippen LogP contribution in [0.2, 0.25) is 0 Å². The van der Waals surface area contributed by atoms with E-state index in [0.717, 1.165) is 55.4 Å². The summed E-state index contributed by atoms with van der Waals surface area (Å²) < 4.78 is 42.9. The molecule has 8 atom stereocenters. The van der Waals surface area contributed by atoms with Crippen molar-refractivity contribution in [2.24, 2.45) is 35.5 Å². The third-order valence-electron chi connectivity index (χ3n) is 15.1. The first kappa shape index (κ1) is 52.6. The molecular formula is C46H74N8O12S2. The summed E-state index contributed by atoms with van der Waals surface area (Å²) in [5.74, 6) is -1.79. The summed E-state index contributed by atoms with van der Waals surface area (Å²) >= 11 is 1.67. The lowest BCUT2D eigenvalue weighted by atomic mass is 9.77. The van der Waals surface area contributed by atoms with Gasteiger partial charge >= 0.3 is 0 Å². The topological polar surface area (TPSA) is 260 Å². The number of nitrogens with one attached hydrogen (secondary N) is 6. The highest BCUT2D eigenvalue weighted by Gasteiger charge is 2.55. The van der Waals surface area contributed by atoms with Crippen molar-refractivity contribution in [3.05, 3.63) is 0 Å². The number of carbonyl (C=O) groups is 7. The first-order valence-corrected chi connectivity index (χ1v) is 28.0. The van der Waals surface area contributed by atoms with Gasteiger partial charge in [-0.3, -0.25) is 49.1 Å². The summed E-state index contributed by atoms with van der Waals surface area (Å²) in [6, 6.07) is -1.72. The average Bonchev–Trinajstić information content (AvgIpc) is 4.08. The highest BCUT2D eigenvalue weighted by molar-refractivity contribution is 8.00. The number of amides is 7. The molecule has 7 unspecified atom stereocenters. The summed E-state index contributed by atoms with van der Waals surface area (Å²) in [5.41, 5.74) is -0.256. The lowest BCUT2D eigenvalue weighted by Crippen LogP contribution is -2.55. The molecule has 20 nitrogen and oxygen atoms in total. The molecule has 382 valence electrons. The van der Waals surface area contributed by atoms with Crippen molar-refractivity contribution in [1.29, 1.82) is 0 Å². The predicted molar refractivity (Wildman–Crippen MR) is 251 cm³/mol. The Hall–Kier alpha value is -3.25. The molecule has 7 aliphatic rings. The Balaban J connectivity index is 0.730. The molecule has 68 heavy (non-hydrogen) atoms. The molecule has 3 aliphatic carbocycles. The van der Waals surface area contributed by atoms with Gasteiger partial charge in [0.1, 0.15) is 17.6 Å². The monoisotopic (exact) mass is 994 g/mol. The number of fused-ring (bicyclic) bond motifs is 1. The summed E-state index contributed by atoms with van der Waals surface area (Å²) in [4.78, 5) is 91.3. The fourth-order valence-corrected chi connectivity index (χ4v) is 13.3. The molecule has 3 saturated carbocycles. The number of hydrogen-bond donors (Lipinski definition) is 6. The Bertz CT molecular complexity index is 1900. The first-order chi connectivity index (χ1) is 32.7. The van der Waals surface area contributed by atoms with E-state index >= 15 is 0 Å². The van der Waals surface area contributed by atoms with Gasteiger partial charge in [0.15, 0.2) is 0 Å². The quantitative estimate of drug-likeness (QED) is 0.0597. The van der Waals surface area contributed by atoms with Crippen LogP contribution in [-0.4, -0.2) is 166 Å². The fraction of sp³-hybridized carbons (Fsp3) is 0.848. The van der Waals surface area contributed by atoms with E-state index in [-0.39, 0.29) is 92.6 Å². The second kappa shape index (κ2) is 25.2. The number of hydrogen-bond acceptors (Lipinski definition) is 15. The number of sulfonamides is 1. The Labute approximate surface area is 404 Å². The molecule has 4 saturated heterocycles. The largest absolute Gasteiger partial charge is 0.379 e. The van der Waals surface area contributed by atoms with E-state index < -0.39 is 51.7 Å². The van der Waals surface area contributed by atoms with Gasteiger partial charge in [0.25, 0.3) is 0 Å². The molecule has 6 N–H and O–H groups in total. The van der Waals surface area contributed by atoms with Crippen LogP contribution in [0.15, 0.2) is 0 Å². The van der Waals surface area contributed by atoms with Gasteiger partial charge in [0.05, 0.1) is 57.0 Å². The molecule has 22 heteroatoms. The first-order valence-electron chi connectivity index (χ1n) is 25.1. The lowest BCUT2D eigenvalue weighted by molar-refractivity contribution is -0.151. The van der Waals surface area contributed by atoms with E-state index in [1.165, 1.54) is 36.4 Å². The van der Waals surface area contributed by atoms with Crippen LogP contribution in [0.1, 0.15) is 103 Å². The van der Waals surface area contributed by atoms with E-state index in [2.05, 4.69) is 31.9 Å². The van der Waals surface area contributed by atoms with E-state index in [4.69, 9.17) is 14.2 Å². The number of imide groups is 2. The molecule has 7 rings (SSSR count). The molecule has 7 fully saturated rings. The van der Waals surface area contributed by atoms with Crippen LogP contribution in [0, 0.1) is 35.5 Å². The Morgan fingerprint density at radius 2 is 1.59 bits per heavy atom. The maximum absolute atomic E-state index is 13.6. The summed E-state index contributed by atoms with van der Waals surface area (Å²) in [5, 5.41) is 18.2. The van der Waals surface area contributed by atoms with Crippen molar-refractivity contribution >= 4 is 63.1 Å². The lowest BCUT2D eigenvalue weighted by Gasteiger charge is -2.31. The number of likely N-dealkylation sites (tertiary alicyclic amines) is 1. The standard InChI is InChI=1S/C46H74N8O12S2/c1-68(62,63)53-19-16-32(25-53)41(57)49-35(42(58)52-46-50-36(28-67-46)31-6-3-2-4-7-31)27-66-26-30-12-10-29(11-13-30)24-48-38(55)17-20-64-22-23-65-21-18-47-34-9-5-8-33-40(34)45(61)54(44(33)60)37-14-15-39(56)51-43(37)59/h29-37,40,46-47,50H,2-28H2,1H3,(H,48,55)(H,49,57)(H,52,58)(H,51,56,59)/t29?,30?,32?,33?,34?,35-,36?,37?,40?,46?/m0/s1. The number of thioether (sulfide) groups is 1. The zero-order valence-electron chi connectivity index (χ0n) is 39.6. The molecule has 0 bridgehead atoms. The molecule has 4 aliphatic heterocycles. The SMILES string of the molecule is CS(=O)(=O)N1CCC(C(=O)N[C@@H](COCC2CCC(CNC(=O)CCOCCOCCNC3CCCC4C(=O)N(C5CCC(=O)NC5=O)C(=O)C34)CC2)C(=O)NC2NC(C3CCCCC3)CS2)C1. The minimum atomic E-state index is -3.42. The van der Waals surface area contributed by atoms with Gasteiger partial charge in [-0.1, -0.05) is 25.7 Å². The van der Waals surface area contributed by atoms with Gasteiger partial charge in [-0.2, -0.15) is 0 Å². The van der Waals surface area contributed by atoms with Crippen molar-refractivity contribution < 1.29 is 56.2 Å². The number of ether oxygens (including phenoxy) is 3. The van der Waals surface area contributed by atoms with Crippen LogP contribution in [-0.2, 0) is 57.8 Å². The smallest absolute Gasteiger partial charge is 0.249 e. The van der Waals surface area contributed by atoms with Crippen LogP contribution in [0.4, 0.5) is 0 Å². The van der Waals surface area contributed by atoms with Gasteiger partial charge < -0.3 is 35.5 Å². The van der Waals surface area contributed by atoms with Crippen LogP contribution in [0.25, 0.3) is 0 Å². The van der Waals surface area contributed by atoms with Gasteiger partial charge in [0.2, 0.25) is 51.4 Å². The van der Waals surface area contributed by atoms with Gasteiger partial charge in [-0.25, -0.2) is 12.7 Å². The van der Waals surface area contributed by atoms with Crippen LogP contribution in [0.5, 0.6) is 0 Å². The zero-order chi connectivity index (χ0) is 48.2. The van der Waals surface area contributed by atoms with Crippen molar-refractivity contribution in [3.8, 4) is 0 Å². The molecule has 4 heterocycles. The summed E-state index contributed by atoms with van der Waals surface area (Å²) in [6.45, 7) is 3.16. The van der Waals surface area contributed by atoms with E-state index in [1.54, 1.807) is 11.8 Å². The van der Waals surface area contributed by atoms with E-state index in [9.17, 15) is 42.0 Å². The molecule has 0 aromatic carbocycles. The number of piperidine rings is 1. The average molecular weight is 995 g/mol. The molecule has 7 amide bonds. The normalized spacial score (nSPS) is 31.1. The van der Waals surface area contributed by atoms with Crippen molar-refractivity contribution in [2.75, 3.05) is 77.8 Å². The highest BCUT2D eigenvalue weighted by Crippen LogP contribution is 2.40. The second-order valence-corrected chi connectivity index (χ2v) is 23.0. The molecule has 0 aromatic heterocycles. The van der Waals surface area contributed by atoms with Crippen molar-refractivity contribution in [3.63, 3.8) is 0 Å². The zero-order valence-corrected chi connectivity index (χ0v) is 41.2. The maximum atomic E-state index is 13.6. The number of carbonyl (C=O) groups excluding carboxylic acids is 7. The van der Waals surface area contributed by atoms with Crippen molar-refractivity contribution in [1.82, 2.24) is 41.1 Å². The number of nitrogens with zero attached hydrogens (tertiary/aromatic N) is 2. The Morgan fingerprint density at radius 3 is 2.32 bits per heavy atom. The Morgan fingerprint density at radius 1 is 0.838 bits per heavy atom. The molecular weight excluding hydrogens is 921 g/mol. The minimum Gasteiger partial charge on any atom is -0.379 e. The van der Waals surface area contributed by atoms with Crippen LogP contribution >= 0.6 is 11.8 Å². The van der Waals surface area contributed by atoms with Gasteiger partial charge in [0, 0.05) is 63.5 Å². The minimum absolute atomic E-state index is 0.00929. The Kier molecular flexibility index (Phi) is 19.5. The summed E-state index contributed by atoms with van der Waals surface area (Å²) in [6.07, 6.45) is 14.0. The fourth-order valence-electron chi connectivity index (χ4n) is 11.2. The molecule has 0 aromatic rings. The third kappa shape index (κ3) is 14.4. The van der Waals surface area contributed by atoms with Crippen molar-refractivity contribution in [2.45, 2.75) is 132 Å². The predicted octanol–water partition coefficient (Wildman–Crippen LogP) is 0.349. The van der Waals surface area contributed by atoms with Crippen LogP contribution < -0.4 is 31.9 Å². The van der Waals surface area contributed by atoms with E-state index in [1.807, 2.05) is 0 Å². The second-order valence-electron chi connectivity index (χ2n) is 19.9. The summed E-state index contributed by atoms with van der Waals surface area (Å²) in [7, 11) is -3.42. The van der Waals surface area contributed by atoms with Gasteiger partial charge in [-0.15, -0.1) is 11.8 Å². The maximum Gasteiger partial charge on any atom is 0.249 e. The third-order valence-corrected chi connectivity index (χ3v) is 17.5.